The molecule has 0 heterocycles. The molecule has 0 aromatic heterocycles. The summed E-state index contributed by atoms with van der Waals surface area (Å²) in [5.74, 6) is -0.833. The first kappa shape index (κ1) is 39.8. The lowest BCUT2D eigenvalue weighted by atomic mass is 9.81. The molecule has 4 rings (SSSR count). The van der Waals surface area contributed by atoms with E-state index in [1.165, 1.54) is 41.0 Å². The van der Waals surface area contributed by atoms with E-state index in [4.69, 9.17) is 23.7 Å². The number of esters is 5. The van der Waals surface area contributed by atoms with Gasteiger partial charge in [-0.25, -0.2) is 0 Å². The summed E-state index contributed by atoms with van der Waals surface area (Å²) >= 11 is 0. The van der Waals surface area contributed by atoms with Gasteiger partial charge in [0.25, 0.3) is 0 Å². The van der Waals surface area contributed by atoms with Gasteiger partial charge in [-0.3, -0.25) is 24.0 Å². The minimum Gasteiger partial charge on any atom is -0.461 e. The van der Waals surface area contributed by atoms with Crippen molar-refractivity contribution in [2.45, 2.75) is 126 Å². The van der Waals surface area contributed by atoms with E-state index in [1.807, 2.05) is 39.8 Å². The number of benzene rings is 3. The van der Waals surface area contributed by atoms with E-state index in [1.54, 1.807) is 0 Å². The SMILES string of the molecule is CC(=O)OCc1c(C)c(Cc2cc(C3CCCCC3)cc(Cc3cc(C)c(OC(C)=O)c(COC(C)=O)c3C)c2OC(C)=O)cc(C)c1OC(C)=O. The van der Waals surface area contributed by atoms with Crippen molar-refractivity contribution in [2.75, 3.05) is 0 Å². The number of carbonyl (C=O) groups excluding carboxylic acids is 5. The summed E-state index contributed by atoms with van der Waals surface area (Å²) in [4.78, 5) is 60.5. The predicted octanol–water partition coefficient (Wildman–Crippen LogP) is 8.05. The summed E-state index contributed by atoms with van der Waals surface area (Å²) in [5, 5.41) is 0. The zero-order chi connectivity index (χ0) is 38.3. The van der Waals surface area contributed by atoms with E-state index < -0.39 is 29.8 Å². The van der Waals surface area contributed by atoms with Crippen molar-refractivity contribution in [1.29, 1.82) is 0 Å². The number of hydrogen-bond acceptors (Lipinski definition) is 10. The molecule has 0 amide bonds. The lowest BCUT2D eigenvalue weighted by molar-refractivity contribution is -0.143. The third kappa shape index (κ3) is 10.1. The van der Waals surface area contributed by atoms with Gasteiger partial charge in [0.15, 0.2) is 0 Å². The lowest BCUT2D eigenvalue weighted by Gasteiger charge is -2.26. The fourth-order valence-electron chi connectivity index (χ4n) is 7.11. The molecule has 3 aromatic carbocycles. The van der Waals surface area contributed by atoms with Gasteiger partial charge in [-0.1, -0.05) is 43.5 Å². The standard InChI is InChI=1S/C42H50O10/c1-23-15-33(25(3)38(21-48-27(5)43)40(23)50-29(7)45)17-36-19-35(32-13-11-10-12-14-32)20-37(42(36)52-31(9)47)18-34-16-24(2)41(51-30(8)46)39(26(34)4)22-49-28(6)44/h15-16,19-20,32H,10-14,17-18,21-22H2,1-9H3. The summed E-state index contributed by atoms with van der Waals surface area (Å²) in [6.45, 7) is 14.0. The fourth-order valence-corrected chi connectivity index (χ4v) is 7.11. The maximum Gasteiger partial charge on any atom is 0.308 e. The maximum absolute atomic E-state index is 12.7. The molecule has 1 saturated carbocycles. The van der Waals surface area contributed by atoms with Crippen LogP contribution in [-0.4, -0.2) is 29.8 Å². The third-order valence-corrected chi connectivity index (χ3v) is 9.60. The molecule has 0 unspecified atom stereocenters. The van der Waals surface area contributed by atoms with Gasteiger partial charge < -0.3 is 23.7 Å². The summed E-state index contributed by atoms with van der Waals surface area (Å²) < 4.78 is 28.0. The van der Waals surface area contributed by atoms with Crippen LogP contribution in [0.4, 0.5) is 0 Å². The van der Waals surface area contributed by atoms with Crippen molar-refractivity contribution in [3.63, 3.8) is 0 Å². The average molecular weight is 715 g/mol. The van der Waals surface area contributed by atoms with Crippen LogP contribution >= 0.6 is 0 Å². The number of aryl methyl sites for hydroxylation is 2. The Balaban J connectivity index is 1.94. The molecule has 0 bridgehead atoms. The Morgan fingerprint density at radius 1 is 0.519 bits per heavy atom. The van der Waals surface area contributed by atoms with Crippen LogP contribution in [0.25, 0.3) is 0 Å². The Labute approximate surface area is 306 Å². The monoisotopic (exact) mass is 714 g/mol. The molecule has 10 nitrogen and oxygen atoms in total. The molecule has 52 heavy (non-hydrogen) atoms. The Bertz CT molecular complexity index is 1760. The number of carbonyl (C=O) groups is 5. The van der Waals surface area contributed by atoms with Crippen LogP contribution < -0.4 is 14.2 Å². The second kappa shape index (κ2) is 17.5. The van der Waals surface area contributed by atoms with Crippen molar-refractivity contribution in [3.05, 3.63) is 85.5 Å². The number of ether oxygens (including phenoxy) is 5. The summed E-state index contributed by atoms with van der Waals surface area (Å²) in [6, 6.07) is 8.20. The molecular formula is C42H50O10. The van der Waals surface area contributed by atoms with Crippen LogP contribution in [0.3, 0.4) is 0 Å². The molecular weight excluding hydrogens is 664 g/mol. The van der Waals surface area contributed by atoms with E-state index in [9.17, 15) is 24.0 Å². The van der Waals surface area contributed by atoms with Gasteiger partial charge in [0, 0.05) is 58.6 Å². The topological polar surface area (TPSA) is 132 Å². The van der Waals surface area contributed by atoms with Crippen molar-refractivity contribution in [1.82, 2.24) is 0 Å². The molecule has 0 aliphatic heterocycles. The second-order valence-corrected chi connectivity index (χ2v) is 13.8. The van der Waals surface area contributed by atoms with Crippen LogP contribution in [0, 0.1) is 27.7 Å². The highest BCUT2D eigenvalue weighted by Gasteiger charge is 2.25. The van der Waals surface area contributed by atoms with Crippen LogP contribution in [0.1, 0.15) is 134 Å². The molecule has 1 fully saturated rings. The van der Waals surface area contributed by atoms with Crippen LogP contribution in [0.15, 0.2) is 24.3 Å². The van der Waals surface area contributed by atoms with E-state index >= 15 is 0 Å². The van der Waals surface area contributed by atoms with Gasteiger partial charge in [0.2, 0.25) is 0 Å². The first-order valence-corrected chi connectivity index (χ1v) is 17.8. The van der Waals surface area contributed by atoms with Crippen molar-refractivity contribution >= 4 is 29.8 Å². The lowest BCUT2D eigenvalue weighted by Crippen LogP contribution is -2.14. The van der Waals surface area contributed by atoms with Crippen molar-refractivity contribution < 1.29 is 47.7 Å². The van der Waals surface area contributed by atoms with Crippen molar-refractivity contribution in [3.8, 4) is 17.2 Å². The van der Waals surface area contributed by atoms with Crippen molar-refractivity contribution in [2.24, 2.45) is 0 Å². The maximum atomic E-state index is 12.7. The summed E-state index contributed by atoms with van der Waals surface area (Å²) in [5.41, 5.74) is 8.79. The first-order chi connectivity index (χ1) is 24.5. The van der Waals surface area contributed by atoms with Crippen LogP contribution in [0.2, 0.25) is 0 Å². The Kier molecular flexibility index (Phi) is 13.4. The van der Waals surface area contributed by atoms with Gasteiger partial charge in [-0.2, -0.15) is 0 Å². The van der Waals surface area contributed by atoms with Gasteiger partial charge >= 0.3 is 29.8 Å². The Morgan fingerprint density at radius 3 is 1.27 bits per heavy atom. The summed E-state index contributed by atoms with van der Waals surface area (Å²) in [7, 11) is 0. The zero-order valence-corrected chi connectivity index (χ0v) is 31.8. The minimum atomic E-state index is -0.483. The molecule has 1 aliphatic rings. The number of rotatable bonds is 12. The highest BCUT2D eigenvalue weighted by molar-refractivity contribution is 5.73. The molecule has 10 heteroatoms. The van der Waals surface area contributed by atoms with Crippen LogP contribution in [-0.2, 0) is 59.5 Å². The first-order valence-electron chi connectivity index (χ1n) is 17.8. The molecule has 0 saturated heterocycles. The molecule has 3 aromatic rings. The van der Waals surface area contributed by atoms with Gasteiger partial charge in [0.05, 0.1) is 0 Å². The van der Waals surface area contributed by atoms with Crippen LogP contribution in [0.5, 0.6) is 17.2 Å². The fraction of sp³-hybridized carbons (Fsp3) is 0.452. The Morgan fingerprint density at radius 2 is 0.904 bits per heavy atom. The quantitative estimate of drug-likeness (QED) is 0.134. The molecule has 278 valence electrons. The number of hydrogen-bond donors (Lipinski definition) is 0. The minimum absolute atomic E-state index is 0.0692. The zero-order valence-electron chi connectivity index (χ0n) is 31.8. The van der Waals surface area contributed by atoms with E-state index in [0.717, 1.165) is 64.6 Å². The van der Waals surface area contributed by atoms with Gasteiger partial charge in [-0.05, 0) is 96.5 Å². The van der Waals surface area contributed by atoms with Gasteiger partial charge in [-0.15, -0.1) is 0 Å². The predicted molar refractivity (Wildman–Crippen MR) is 195 cm³/mol. The highest BCUT2D eigenvalue weighted by Crippen LogP contribution is 2.41. The average Bonchev–Trinajstić information content (AvgIpc) is 3.06. The Hall–Kier alpha value is -4.99. The van der Waals surface area contributed by atoms with Gasteiger partial charge in [0.1, 0.15) is 30.5 Å². The molecule has 0 radical (unpaired) electrons. The largest absolute Gasteiger partial charge is 0.461 e. The smallest absolute Gasteiger partial charge is 0.308 e. The molecule has 0 atom stereocenters. The summed E-state index contributed by atoms with van der Waals surface area (Å²) in [6.07, 6.45) is 6.33. The highest BCUT2D eigenvalue weighted by atomic mass is 16.6. The molecule has 0 N–H and O–H groups in total. The van der Waals surface area contributed by atoms with E-state index in [-0.39, 0.29) is 13.2 Å². The van der Waals surface area contributed by atoms with E-state index in [2.05, 4.69) is 12.1 Å². The normalized spacial score (nSPS) is 12.9. The third-order valence-electron chi connectivity index (χ3n) is 9.60. The molecule has 1 aliphatic carbocycles. The molecule has 0 spiro atoms. The second-order valence-electron chi connectivity index (χ2n) is 13.8. The van der Waals surface area contributed by atoms with E-state index in [0.29, 0.717) is 58.3 Å².